The molecule has 0 unspecified atom stereocenters. The molecule has 0 aromatic heterocycles. The Morgan fingerprint density at radius 2 is 1.88 bits per heavy atom. The number of Topliss-reactive ketones (excluding diaryl/α,β-unsaturated/α-hetero) is 1. The average molecular weight is 220 g/mol. The minimum absolute atomic E-state index is 0.0410. The molecule has 1 aromatic rings. The second kappa shape index (κ2) is 6.05. The Kier molecular flexibility index (Phi) is 4.70. The van der Waals surface area contributed by atoms with Crippen LogP contribution in [-0.2, 0) is 16.0 Å². The number of hydrogen-bond acceptors (Lipinski definition) is 2. The number of carbonyl (C=O) groups excluding carboxylic acids is 1. The first-order valence-corrected chi connectivity index (χ1v) is 5.35. The first-order chi connectivity index (χ1) is 7.59. The number of benzene rings is 1. The molecule has 1 atom stereocenters. The van der Waals surface area contributed by atoms with Crippen LogP contribution in [-0.4, -0.2) is 16.9 Å². The fourth-order valence-electron chi connectivity index (χ4n) is 1.59. The van der Waals surface area contributed by atoms with E-state index >= 15 is 0 Å². The molecule has 1 aromatic carbocycles. The van der Waals surface area contributed by atoms with Gasteiger partial charge in [0, 0.05) is 6.42 Å². The van der Waals surface area contributed by atoms with Crippen LogP contribution in [0.25, 0.3) is 0 Å². The van der Waals surface area contributed by atoms with Crippen molar-refractivity contribution in [1.29, 1.82) is 0 Å². The number of carboxylic acid groups (broad SMARTS) is 1. The molecule has 0 spiro atoms. The van der Waals surface area contributed by atoms with Gasteiger partial charge in [0.05, 0.1) is 5.92 Å². The van der Waals surface area contributed by atoms with Gasteiger partial charge in [-0.2, -0.15) is 0 Å². The van der Waals surface area contributed by atoms with Crippen LogP contribution in [0.2, 0.25) is 0 Å². The molecule has 86 valence electrons. The van der Waals surface area contributed by atoms with E-state index in [1.54, 1.807) is 0 Å². The summed E-state index contributed by atoms with van der Waals surface area (Å²) in [6, 6.07) is 9.49. The average Bonchev–Trinajstić information content (AvgIpc) is 2.25. The van der Waals surface area contributed by atoms with Crippen LogP contribution in [0.5, 0.6) is 0 Å². The monoisotopic (exact) mass is 220 g/mol. The third kappa shape index (κ3) is 4.26. The predicted molar refractivity (Wildman–Crippen MR) is 61.2 cm³/mol. The van der Waals surface area contributed by atoms with Gasteiger partial charge in [-0.15, -0.1) is 0 Å². The third-order valence-electron chi connectivity index (χ3n) is 2.52. The number of ketones is 1. The SMILES string of the molecule is CC(=O)CC[C@@H](Cc1ccccc1)C(=O)O. The van der Waals surface area contributed by atoms with Crippen LogP contribution < -0.4 is 0 Å². The Labute approximate surface area is 95.1 Å². The number of carboxylic acids is 1. The molecule has 3 nitrogen and oxygen atoms in total. The van der Waals surface area contributed by atoms with E-state index < -0.39 is 11.9 Å². The molecule has 0 aliphatic heterocycles. The van der Waals surface area contributed by atoms with Crippen molar-refractivity contribution in [2.45, 2.75) is 26.2 Å². The van der Waals surface area contributed by atoms with Crippen LogP contribution in [0.15, 0.2) is 30.3 Å². The van der Waals surface area contributed by atoms with Crippen LogP contribution in [0.4, 0.5) is 0 Å². The van der Waals surface area contributed by atoms with Gasteiger partial charge in [-0.3, -0.25) is 4.79 Å². The Balaban J connectivity index is 2.58. The summed E-state index contributed by atoms with van der Waals surface area (Å²) in [6.07, 6.45) is 1.24. The molecular formula is C13H16O3. The Hall–Kier alpha value is -1.64. The number of carbonyl (C=O) groups is 2. The molecule has 0 aliphatic rings. The molecule has 0 fully saturated rings. The lowest BCUT2D eigenvalue weighted by atomic mass is 9.94. The normalized spacial score (nSPS) is 12.1. The van der Waals surface area contributed by atoms with Crippen LogP contribution in [0, 0.1) is 5.92 Å². The number of hydrogen-bond donors (Lipinski definition) is 1. The fourth-order valence-corrected chi connectivity index (χ4v) is 1.59. The third-order valence-corrected chi connectivity index (χ3v) is 2.52. The van der Waals surface area contributed by atoms with Gasteiger partial charge < -0.3 is 9.90 Å². The van der Waals surface area contributed by atoms with E-state index in [1.807, 2.05) is 30.3 Å². The topological polar surface area (TPSA) is 54.4 Å². The minimum Gasteiger partial charge on any atom is -0.481 e. The van der Waals surface area contributed by atoms with Crippen LogP contribution in [0.1, 0.15) is 25.3 Å². The zero-order valence-electron chi connectivity index (χ0n) is 9.35. The van der Waals surface area contributed by atoms with Crippen molar-refractivity contribution in [1.82, 2.24) is 0 Å². The van der Waals surface area contributed by atoms with E-state index in [9.17, 15) is 9.59 Å². The highest BCUT2D eigenvalue weighted by Crippen LogP contribution is 2.14. The standard InChI is InChI=1S/C13H16O3/c1-10(14)7-8-12(13(15)16)9-11-5-3-2-4-6-11/h2-6,12H,7-9H2,1H3,(H,15,16)/t12-/m0/s1. The smallest absolute Gasteiger partial charge is 0.306 e. The van der Waals surface area contributed by atoms with Gasteiger partial charge in [-0.25, -0.2) is 0 Å². The first-order valence-electron chi connectivity index (χ1n) is 5.35. The number of rotatable bonds is 6. The van der Waals surface area contributed by atoms with Gasteiger partial charge in [-0.1, -0.05) is 30.3 Å². The highest BCUT2D eigenvalue weighted by molar-refractivity contribution is 5.77. The molecule has 1 N–H and O–H groups in total. The van der Waals surface area contributed by atoms with E-state index in [2.05, 4.69) is 0 Å². The lowest BCUT2D eigenvalue weighted by molar-refractivity contribution is -0.142. The summed E-state index contributed by atoms with van der Waals surface area (Å²) in [5.74, 6) is -1.25. The molecule has 0 saturated heterocycles. The zero-order chi connectivity index (χ0) is 12.0. The molecule has 0 heterocycles. The van der Waals surface area contributed by atoms with Gasteiger partial charge in [0.2, 0.25) is 0 Å². The van der Waals surface area contributed by atoms with Gasteiger partial charge in [-0.05, 0) is 25.3 Å². The largest absolute Gasteiger partial charge is 0.481 e. The first kappa shape index (κ1) is 12.4. The van der Waals surface area contributed by atoms with E-state index in [1.165, 1.54) is 6.92 Å². The van der Waals surface area contributed by atoms with E-state index in [-0.39, 0.29) is 5.78 Å². The summed E-state index contributed by atoms with van der Waals surface area (Å²) in [6.45, 7) is 1.49. The summed E-state index contributed by atoms with van der Waals surface area (Å²) in [5, 5.41) is 9.04. The minimum atomic E-state index is -0.829. The lowest BCUT2D eigenvalue weighted by Crippen LogP contribution is -2.17. The maximum absolute atomic E-state index is 11.0. The maximum Gasteiger partial charge on any atom is 0.306 e. The van der Waals surface area contributed by atoms with Crippen molar-refractivity contribution in [2.75, 3.05) is 0 Å². The molecule has 1 rings (SSSR count). The van der Waals surface area contributed by atoms with Crippen molar-refractivity contribution in [3.63, 3.8) is 0 Å². The molecular weight excluding hydrogens is 204 g/mol. The van der Waals surface area contributed by atoms with Crippen LogP contribution in [0.3, 0.4) is 0 Å². The fraction of sp³-hybridized carbons (Fsp3) is 0.385. The molecule has 0 bridgehead atoms. The Bertz CT molecular complexity index is 357. The van der Waals surface area contributed by atoms with E-state index in [0.717, 1.165) is 5.56 Å². The van der Waals surface area contributed by atoms with Crippen molar-refractivity contribution < 1.29 is 14.7 Å². The second-order valence-electron chi connectivity index (χ2n) is 3.97. The van der Waals surface area contributed by atoms with Crippen LogP contribution >= 0.6 is 0 Å². The summed E-state index contributed by atoms with van der Waals surface area (Å²) >= 11 is 0. The van der Waals surface area contributed by atoms with E-state index in [0.29, 0.717) is 19.3 Å². The predicted octanol–water partition coefficient (Wildman–Crippen LogP) is 2.30. The van der Waals surface area contributed by atoms with Crippen molar-refractivity contribution in [2.24, 2.45) is 5.92 Å². The number of aliphatic carboxylic acids is 1. The zero-order valence-corrected chi connectivity index (χ0v) is 9.35. The van der Waals surface area contributed by atoms with Gasteiger partial charge in [0.1, 0.15) is 5.78 Å². The summed E-state index contributed by atoms with van der Waals surface area (Å²) in [5.41, 5.74) is 0.999. The maximum atomic E-state index is 11.0. The van der Waals surface area contributed by atoms with Crippen molar-refractivity contribution in [3.8, 4) is 0 Å². The quantitative estimate of drug-likeness (QED) is 0.800. The van der Waals surface area contributed by atoms with Gasteiger partial charge in [0.15, 0.2) is 0 Å². The summed E-state index contributed by atoms with van der Waals surface area (Å²) in [4.78, 5) is 21.8. The Morgan fingerprint density at radius 3 is 2.38 bits per heavy atom. The lowest BCUT2D eigenvalue weighted by Gasteiger charge is -2.11. The van der Waals surface area contributed by atoms with E-state index in [4.69, 9.17) is 5.11 Å². The second-order valence-corrected chi connectivity index (χ2v) is 3.97. The van der Waals surface area contributed by atoms with Crippen molar-refractivity contribution >= 4 is 11.8 Å². The molecule has 3 heteroatoms. The van der Waals surface area contributed by atoms with Gasteiger partial charge >= 0.3 is 5.97 Å². The molecule has 0 radical (unpaired) electrons. The Morgan fingerprint density at radius 1 is 1.25 bits per heavy atom. The van der Waals surface area contributed by atoms with Crippen molar-refractivity contribution in [3.05, 3.63) is 35.9 Å². The molecule has 0 saturated carbocycles. The molecule has 0 amide bonds. The molecule has 16 heavy (non-hydrogen) atoms. The molecule has 0 aliphatic carbocycles. The summed E-state index contributed by atoms with van der Waals surface area (Å²) < 4.78 is 0. The summed E-state index contributed by atoms with van der Waals surface area (Å²) in [7, 11) is 0. The highest BCUT2D eigenvalue weighted by Gasteiger charge is 2.18. The highest BCUT2D eigenvalue weighted by atomic mass is 16.4. The van der Waals surface area contributed by atoms with Gasteiger partial charge in [0.25, 0.3) is 0 Å².